The van der Waals surface area contributed by atoms with Crippen molar-refractivity contribution in [3.8, 4) is 5.75 Å². The number of H-pyrrole nitrogens is 2. The lowest BCUT2D eigenvalue weighted by Crippen LogP contribution is -2.62. The number of hydrogen-bond donors (Lipinski definition) is 24. The van der Waals surface area contributed by atoms with E-state index in [1.165, 1.54) is 24.7 Å². The van der Waals surface area contributed by atoms with Gasteiger partial charge in [0.25, 0.3) is 0 Å². The van der Waals surface area contributed by atoms with E-state index >= 15 is 14.4 Å². The van der Waals surface area contributed by atoms with Gasteiger partial charge in [0, 0.05) is 73.6 Å². The van der Waals surface area contributed by atoms with Crippen molar-refractivity contribution >= 4 is 119 Å². The molecule has 0 bridgehead atoms. The number of unbranched alkanes of at least 4 members (excludes halogenated alkanes) is 1. The van der Waals surface area contributed by atoms with Crippen LogP contribution in [0, 0.1) is 16.7 Å². The minimum absolute atomic E-state index is 0.0222. The van der Waals surface area contributed by atoms with Crippen molar-refractivity contribution in [2.75, 3.05) is 31.1 Å². The Morgan fingerprint density at radius 3 is 1.32 bits per heavy atom. The zero-order valence-corrected chi connectivity index (χ0v) is 64.4. The summed E-state index contributed by atoms with van der Waals surface area (Å²) in [5.41, 5.74) is 26.0. The van der Waals surface area contributed by atoms with E-state index in [-0.39, 0.29) is 106 Å². The second-order valence-electron chi connectivity index (χ2n) is 27.1. The van der Waals surface area contributed by atoms with E-state index in [0.717, 1.165) is 0 Å². The number of carbonyl (C=O) groups is 12. The molecule has 6 aromatic rings. The number of aromatic hydroxyl groups is 1. The third-order valence-corrected chi connectivity index (χ3v) is 18.7. The molecule has 0 unspecified atom stereocenters. The highest BCUT2D eigenvalue weighted by Gasteiger charge is 2.37. The van der Waals surface area contributed by atoms with Gasteiger partial charge < -0.3 is 107 Å². The lowest BCUT2D eigenvalue weighted by molar-refractivity contribution is -0.136. The summed E-state index contributed by atoms with van der Waals surface area (Å²) in [5, 5.41) is 60.6. The van der Waals surface area contributed by atoms with Crippen LogP contribution in [0.5, 0.6) is 5.75 Å². The Balaban J connectivity index is 1.25. The monoisotopic (exact) mass is 1580 g/mol. The molecule has 0 saturated heterocycles. The van der Waals surface area contributed by atoms with Crippen LogP contribution in [0.1, 0.15) is 93.7 Å². The number of para-hydroxylation sites is 1. The Bertz CT molecular complexity index is 4140. The number of guanidine groups is 2. The molecule has 2 aromatic heterocycles. The number of primary amides is 1. The van der Waals surface area contributed by atoms with Crippen molar-refractivity contribution in [1.82, 2.24) is 84.1 Å². The number of imidazole rings is 1. The molecule has 0 fully saturated rings. The maximum Gasteiger partial charge on any atom is 0.244 e. The number of rotatable bonds is 47. The Hall–Kier alpha value is -11.7. The molecule has 26 N–H and O–H groups in total. The zero-order chi connectivity index (χ0) is 81.8. The van der Waals surface area contributed by atoms with Crippen LogP contribution in [0.3, 0.4) is 0 Å². The number of nitrogens with zero attached hydrogens (tertiary/aromatic N) is 1. The standard InChI is InChI=1S/C75H104N22O13S2/c1-4-5-21-52(90-73(110)62(42(2)3)97-63(100)50(76)31-45-25-27-48(98)28-26-45)67(104)95-60(40-112)72(109)94-58(35-47-37-82-41-87-47)70(107)92-56(33-44-18-10-7-11-19-44)68(105)88-53(23-14-29-83-74(78)79)66(103)93-57(34-46-36-85-51-22-13-12-20-49(46)51)69(106)96-59(39-111)71(108)89-54(24-15-30-84-75(80)81)65(102)91-55(64(101)86-38-61(77)99)32-43-16-8-6-9-17-43/h6-13,16-20,22,25-28,36-37,41-42,50,52-60,62,85,98,111-112H,4-5,14-15,21,23-24,29-35,38-40,76H2,1-3H3,(H2,77,99)(H,82,87)(H,86,101)(H,88,105)(H,89,108)(H,90,110)(H,91,102)(H,92,107)(H,93,103)(H,94,109)(H,95,104)(H,96,106)(H,97,100)(H4,78,79,83)(H4,80,81,84)/t50-,52-,53-,54-,55-,56-,57-,58-,59-,60+,62-/m0/s1. The summed E-state index contributed by atoms with van der Waals surface area (Å²) in [5.74, 6) is -12.0. The van der Waals surface area contributed by atoms with Gasteiger partial charge in [0.05, 0.1) is 24.6 Å². The number of hydrogen-bond acceptors (Lipinski definition) is 19. The molecule has 0 spiro atoms. The van der Waals surface area contributed by atoms with Gasteiger partial charge in [-0.2, -0.15) is 25.3 Å². The van der Waals surface area contributed by atoms with Gasteiger partial charge in [0.2, 0.25) is 70.9 Å². The number of aromatic amines is 2. The number of fused-ring (bicyclic) bond motifs is 1. The molecular weight excluding hydrogens is 1480 g/mol. The summed E-state index contributed by atoms with van der Waals surface area (Å²) in [6.07, 6.45) is 4.88. The number of aromatic nitrogens is 3. The lowest BCUT2D eigenvalue weighted by atomic mass is 10.00. The maximum absolute atomic E-state index is 15.2. The molecular formula is C75H104N22O13S2. The summed E-state index contributed by atoms with van der Waals surface area (Å²) in [4.78, 5) is 181. The molecule has 0 radical (unpaired) electrons. The summed E-state index contributed by atoms with van der Waals surface area (Å²) < 4.78 is 0. The first-order valence-electron chi connectivity index (χ1n) is 36.7. The van der Waals surface area contributed by atoms with Crippen LogP contribution in [0.25, 0.3) is 10.9 Å². The van der Waals surface area contributed by atoms with Gasteiger partial charge in [0.15, 0.2) is 11.9 Å². The van der Waals surface area contributed by atoms with Crippen LogP contribution < -0.4 is 92.1 Å². The number of phenols is 1. The van der Waals surface area contributed by atoms with Crippen molar-refractivity contribution in [3.63, 3.8) is 0 Å². The minimum Gasteiger partial charge on any atom is -0.508 e. The zero-order valence-electron chi connectivity index (χ0n) is 62.6. The fraction of sp³-hybridized carbons (Fsp3) is 0.427. The quantitative estimate of drug-likeness (QED) is 0.00860. The molecule has 112 heavy (non-hydrogen) atoms. The highest BCUT2D eigenvalue weighted by Crippen LogP contribution is 2.21. The van der Waals surface area contributed by atoms with Crippen molar-refractivity contribution in [2.45, 2.75) is 164 Å². The molecule has 0 saturated carbocycles. The summed E-state index contributed by atoms with van der Waals surface area (Å²) >= 11 is 8.83. The van der Waals surface area contributed by atoms with E-state index in [4.69, 9.17) is 33.8 Å². The third kappa shape index (κ3) is 29.9. The van der Waals surface area contributed by atoms with Gasteiger partial charge in [-0.25, -0.2) is 4.98 Å². The molecule has 12 amide bonds. The van der Waals surface area contributed by atoms with E-state index < -0.39 is 156 Å². The molecule has 4 aromatic carbocycles. The van der Waals surface area contributed by atoms with Gasteiger partial charge in [-0.3, -0.25) is 68.4 Å². The van der Waals surface area contributed by atoms with Gasteiger partial charge in [-0.05, 0) is 84.9 Å². The number of amides is 12. The number of nitrogens with one attached hydrogen (secondary N) is 17. The minimum atomic E-state index is -1.55. The van der Waals surface area contributed by atoms with Crippen LogP contribution in [-0.2, 0) is 89.6 Å². The van der Waals surface area contributed by atoms with E-state index in [1.54, 1.807) is 117 Å². The van der Waals surface area contributed by atoms with Gasteiger partial charge in [-0.15, -0.1) is 0 Å². The molecule has 35 nitrogen and oxygen atoms in total. The van der Waals surface area contributed by atoms with Crippen molar-refractivity contribution in [2.24, 2.45) is 28.9 Å². The van der Waals surface area contributed by atoms with Gasteiger partial charge in [-0.1, -0.05) is 125 Å². The van der Waals surface area contributed by atoms with Crippen LogP contribution in [-0.4, -0.2) is 200 Å². The molecule has 0 aliphatic carbocycles. The van der Waals surface area contributed by atoms with E-state index in [2.05, 4.69) is 109 Å². The first-order valence-corrected chi connectivity index (χ1v) is 37.9. The average molecular weight is 1590 g/mol. The fourth-order valence-electron chi connectivity index (χ4n) is 11.8. The van der Waals surface area contributed by atoms with Crippen molar-refractivity contribution in [1.29, 1.82) is 10.8 Å². The third-order valence-electron chi connectivity index (χ3n) is 17.9. The molecule has 2 heterocycles. The van der Waals surface area contributed by atoms with E-state index in [0.29, 0.717) is 46.0 Å². The highest BCUT2D eigenvalue weighted by atomic mass is 32.1. The van der Waals surface area contributed by atoms with Crippen molar-refractivity contribution in [3.05, 3.63) is 156 Å². The molecule has 11 atom stereocenters. The second kappa shape index (κ2) is 46.1. The first-order chi connectivity index (χ1) is 53.5. The Morgan fingerprint density at radius 2 is 0.866 bits per heavy atom. The first kappa shape index (κ1) is 89.2. The van der Waals surface area contributed by atoms with Gasteiger partial charge in [0.1, 0.15) is 66.2 Å². The molecule has 0 aliphatic heterocycles. The SMILES string of the molecule is CCCC[C@H](NC(=O)[C@@H](NC(=O)[C@@H](N)Cc1ccc(O)cc1)C(C)C)C(=O)N[C@H](CS)C(=O)N[C@@H](Cc1c[nH]cn1)C(=O)N[C@@H](Cc1ccccc1)C(=O)N[C@@H](CCCNC(=N)N)C(=O)N[C@@H](Cc1c[nH]c2ccccc12)C(=O)N[C@@H](CS)C(=O)N[C@@H](CCCNC(=N)N)C(=O)N[C@@H](Cc1ccccc1)C(=O)NCC(N)=O. The Labute approximate surface area is 659 Å². The summed E-state index contributed by atoms with van der Waals surface area (Å²) in [7, 11) is 0. The molecule has 37 heteroatoms. The largest absolute Gasteiger partial charge is 0.508 e. The average Bonchev–Trinajstić information content (AvgIpc) is 1.65. The fourth-order valence-corrected chi connectivity index (χ4v) is 12.4. The number of benzene rings is 4. The number of phenolic OH excluding ortho intramolecular Hbond substituents is 1. The van der Waals surface area contributed by atoms with E-state index in [9.17, 15) is 48.3 Å². The number of carbonyl (C=O) groups excluding carboxylic acids is 12. The van der Waals surface area contributed by atoms with Crippen molar-refractivity contribution < 1.29 is 62.6 Å². The van der Waals surface area contributed by atoms with Crippen LogP contribution in [0.15, 0.2) is 128 Å². The predicted octanol–water partition coefficient (Wildman–Crippen LogP) is -1.88. The van der Waals surface area contributed by atoms with E-state index in [1.807, 2.05) is 6.92 Å². The highest BCUT2D eigenvalue weighted by molar-refractivity contribution is 7.80. The maximum atomic E-state index is 15.2. The van der Waals surface area contributed by atoms with Gasteiger partial charge >= 0.3 is 0 Å². The van der Waals surface area contributed by atoms with Crippen LogP contribution in [0.4, 0.5) is 0 Å². The second-order valence-corrected chi connectivity index (χ2v) is 27.9. The number of nitrogens with two attached hydrogens (primary N) is 4. The smallest absolute Gasteiger partial charge is 0.244 e. The number of thiol groups is 2. The molecule has 604 valence electrons. The predicted molar refractivity (Wildman–Crippen MR) is 426 cm³/mol. The molecule has 0 aliphatic rings. The molecule has 6 rings (SSSR count). The summed E-state index contributed by atoms with van der Waals surface area (Å²) in [6.45, 7) is 4.83. The van der Waals surface area contributed by atoms with Crippen LogP contribution in [0.2, 0.25) is 0 Å². The van der Waals surface area contributed by atoms with Crippen LogP contribution >= 0.6 is 25.3 Å². The Morgan fingerprint density at radius 1 is 0.455 bits per heavy atom. The normalized spacial score (nSPS) is 14.0. The Kier molecular flexibility index (Phi) is 36.7. The summed E-state index contributed by atoms with van der Waals surface area (Å²) in [6, 6.07) is 15.1. The lowest BCUT2D eigenvalue weighted by Gasteiger charge is -2.28. The topological polar surface area (TPSA) is 578 Å².